The summed E-state index contributed by atoms with van der Waals surface area (Å²) in [7, 11) is 0. The van der Waals surface area contributed by atoms with Crippen LogP contribution in [0.4, 0.5) is 0 Å². The minimum Gasteiger partial charge on any atom is -0.294 e. The van der Waals surface area contributed by atoms with E-state index in [0.717, 1.165) is 38.9 Å². The Morgan fingerprint density at radius 2 is 1.72 bits per heavy atom. The first-order valence-electron chi connectivity index (χ1n) is 12.1. The zero-order valence-corrected chi connectivity index (χ0v) is 20.3. The van der Waals surface area contributed by atoms with Gasteiger partial charge in [0.1, 0.15) is 0 Å². The van der Waals surface area contributed by atoms with E-state index in [1.54, 1.807) is 17.5 Å². The van der Waals surface area contributed by atoms with Gasteiger partial charge in [-0.2, -0.15) is 5.10 Å². The van der Waals surface area contributed by atoms with Gasteiger partial charge >= 0.3 is 0 Å². The number of nitrogens with one attached hydrogen (secondary N) is 1. The van der Waals surface area contributed by atoms with Crippen LogP contribution in [0, 0.1) is 0 Å². The first kappa shape index (κ1) is 21.0. The lowest BCUT2D eigenvalue weighted by molar-refractivity contribution is 0.0993. The topological polar surface area (TPSA) is 45.8 Å². The number of aromatic amines is 1. The maximum atomic E-state index is 13.4. The van der Waals surface area contributed by atoms with Crippen LogP contribution in [-0.4, -0.2) is 16.0 Å². The Labute approximate surface area is 212 Å². The predicted octanol–water partition coefficient (Wildman–Crippen LogP) is 7.97. The van der Waals surface area contributed by atoms with Gasteiger partial charge in [0.25, 0.3) is 0 Å². The van der Waals surface area contributed by atoms with E-state index in [-0.39, 0.29) is 5.78 Å². The van der Waals surface area contributed by atoms with E-state index in [0.29, 0.717) is 6.42 Å². The van der Waals surface area contributed by atoms with Crippen molar-refractivity contribution >= 4 is 49.8 Å². The maximum Gasteiger partial charge on any atom is 0.167 e. The molecule has 6 aromatic rings. The molecule has 0 saturated heterocycles. The molecule has 0 radical (unpaired) electrons. The molecular weight excluding hydrogens is 460 g/mol. The van der Waals surface area contributed by atoms with E-state index in [1.165, 1.54) is 32.3 Å². The SMILES string of the molecule is O=C(Cc1ccc(C2=Cc3ccccc3C2)cc1)c1cc(-c2cc3ccccc3s2)c2[nH]ncc2c1. The van der Waals surface area contributed by atoms with E-state index in [4.69, 9.17) is 0 Å². The number of aromatic nitrogens is 2. The number of Topliss-reactive ketones (excluding diaryl/α,β-unsaturated/α-hetero) is 1. The number of allylic oxidation sites excluding steroid dienone is 1. The fourth-order valence-corrected chi connectivity index (χ4v) is 6.20. The second kappa shape index (κ2) is 8.43. The normalized spacial score (nSPS) is 12.7. The lowest BCUT2D eigenvalue weighted by Gasteiger charge is -2.08. The molecule has 0 spiro atoms. The average molecular weight is 483 g/mol. The van der Waals surface area contributed by atoms with Crippen LogP contribution in [0.1, 0.15) is 32.6 Å². The third-order valence-corrected chi connectivity index (χ3v) is 8.17. The Kier molecular flexibility index (Phi) is 4.93. The highest BCUT2D eigenvalue weighted by molar-refractivity contribution is 7.22. The number of hydrogen-bond donors (Lipinski definition) is 1. The summed E-state index contributed by atoms with van der Waals surface area (Å²) in [6.07, 6.45) is 5.39. The number of nitrogens with zero attached hydrogens (tertiary/aromatic N) is 1. The number of ketones is 1. The summed E-state index contributed by atoms with van der Waals surface area (Å²) in [4.78, 5) is 14.5. The number of fused-ring (bicyclic) bond motifs is 3. The maximum absolute atomic E-state index is 13.4. The van der Waals surface area contributed by atoms with Crippen molar-refractivity contribution in [2.45, 2.75) is 12.8 Å². The van der Waals surface area contributed by atoms with Crippen molar-refractivity contribution in [1.29, 1.82) is 0 Å². The highest BCUT2D eigenvalue weighted by Crippen LogP contribution is 2.37. The zero-order valence-electron chi connectivity index (χ0n) is 19.5. The summed E-state index contributed by atoms with van der Waals surface area (Å²) in [5.74, 6) is 0.112. The number of H-pyrrole nitrogens is 1. The molecule has 2 aromatic heterocycles. The molecule has 0 amide bonds. The summed E-state index contributed by atoms with van der Waals surface area (Å²) in [5, 5.41) is 9.54. The van der Waals surface area contributed by atoms with Gasteiger partial charge in [-0.3, -0.25) is 9.89 Å². The van der Waals surface area contributed by atoms with E-state index in [1.807, 2.05) is 12.1 Å². The molecule has 7 rings (SSSR count). The Bertz CT molecular complexity index is 1770. The molecule has 0 fully saturated rings. The predicted molar refractivity (Wildman–Crippen MR) is 149 cm³/mol. The molecule has 2 heterocycles. The summed E-state index contributed by atoms with van der Waals surface area (Å²) in [6.45, 7) is 0. The highest BCUT2D eigenvalue weighted by atomic mass is 32.1. The standard InChI is InChI=1S/C32H22N2OS/c35-29(13-20-9-11-21(12-10-20)25-14-22-5-1-2-6-23(22)15-25)26-16-27-19-33-34-32(27)28(17-26)31-18-24-7-3-4-8-30(24)36-31/h1-12,14,16-19H,13,15H2,(H,33,34). The van der Waals surface area contributed by atoms with Crippen LogP contribution in [0.3, 0.4) is 0 Å². The van der Waals surface area contributed by atoms with Gasteiger partial charge in [0.05, 0.1) is 11.7 Å². The molecule has 0 saturated carbocycles. The molecule has 172 valence electrons. The molecule has 0 unspecified atom stereocenters. The van der Waals surface area contributed by atoms with Gasteiger partial charge in [0.2, 0.25) is 0 Å². The van der Waals surface area contributed by atoms with Crippen LogP contribution < -0.4 is 0 Å². The number of carbonyl (C=O) groups is 1. The number of carbonyl (C=O) groups excluding carboxylic acids is 1. The number of benzene rings is 4. The first-order valence-corrected chi connectivity index (χ1v) is 12.9. The van der Waals surface area contributed by atoms with Gasteiger partial charge in [-0.05, 0) is 63.9 Å². The molecule has 0 bridgehead atoms. The third kappa shape index (κ3) is 3.67. The van der Waals surface area contributed by atoms with Crippen LogP contribution in [0.2, 0.25) is 0 Å². The first-order chi connectivity index (χ1) is 17.7. The van der Waals surface area contributed by atoms with Crippen molar-refractivity contribution in [2.24, 2.45) is 0 Å². The second-order valence-electron chi connectivity index (χ2n) is 9.35. The van der Waals surface area contributed by atoms with Crippen molar-refractivity contribution in [1.82, 2.24) is 10.2 Å². The number of thiophene rings is 1. The Balaban J connectivity index is 1.17. The van der Waals surface area contributed by atoms with E-state index in [2.05, 4.69) is 95.1 Å². The van der Waals surface area contributed by atoms with Crippen molar-refractivity contribution in [3.63, 3.8) is 0 Å². The van der Waals surface area contributed by atoms with Crippen molar-refractivity contribution < 1.29 is 4.79 Å². The molecule has 1 aliphatic rings. The minimum absolute atomic E-state index is 0.112. The van der Waals surface area contributed by atoms with Gasteiger partial charge in [0.15, 0.2) is 5.78 Å². The molecule has 0 aliphatic heterocycles. The number of rotatable bonds is 5. The second-order valence-corrected chi connectivity index (χ2v) is 10.4. The molecule has 4 heteroatoms. The Morgan fingerprint density at radius 3 is 2.58 bits per heavy atom. The van der Waals surface area contributed by atoms with Crippen LogP contribution in [-0.2, 0) is 12.8 Å². The van der Waals surface area contributed by atoms with Crippen molar-refractivity contribution in [3.05, 3.63) is 125 Å². The van der Waals surface area contributed by atoms with E-state index < -0.39 is 0 Å². The van der Waals surface area contributed by atoms with Crippen LogP contribution in [0.5, 0.6) is 0 Å². The van der Waals surface area contributed by atoms with Crippen LogP contribution in [0.15, 0.2) is 97.2 Å². The van der Waals surface area contributed by atoms with Crippen molar-refractivity contribution in [3.8, 4) is 10.4 Å². The smallest absolute Gasteiger partial charge is 0.167 e. The summed E-state index contributed by atoms with van der Waals surface area (Å²) < 4.78 is 1.23. The summed E-state index contributed by atoms with van der Waals surface area (Å²) in [6, 6.07) is 31.5. The van der Waals surface area contributed by atoms with Gasteiger partial charge in [0, 0.05) is 32.5 Å². The lowest BCUT2D eigenvalue weighted by Crippen LogP contribution is -2.04. The summed E-state index contributed by atoms with van der Waals surface area (Å²) in [5.41, 5.74) is 8.95. The van der Waals surface area contributed by atoms with Gasteiger partial charge in [-0.1, -0.05) is 72.8 Å². The quantitative estimate of drug-likeness (QED) is 0.253. The highest BCUT2D eigenvalue weighted by Gasteiger charge is 2.17. The van der Waals surface area contributed by atoms with Gasteiger partial charge < -0.3 is 0 Å². The largest absolute Gasteiger partial charge is 0.294 e. The van der Waals surface area contributed by atoms with Crippen molar-refractivity contribution in [2.75, 3.05) is 0 Å². The third-order valence-electron chi connectivity index (χ3n) is 7.02. The Morgan fingerprint density at radius 1 is 0.889 bits per heavy atom. The monoisotopic (exact) mass is 482 g/mol. The fraction of sp³-hybridized carbons (Fsp3) is 0.0625. The molecule has 1 N–H and O–H groups in total. The molecular formula is C32H22N2OS. The Hall–Kier alpha value is -4.28. The van der Waals surface area contributed by atoms with E-state index in [9.17, 15) is 4.79 Å². The number of hydrogen-bond acceptors (Lipinski definition) is 3. The van der Waals surface area contributed by atoms with Crippen LogP contribution in [0.25, 0.3) is 43.1 Å². The zero-order chi connectivity index (χ0) is 24.1. The van der Waals surface area contributed by atoms with Crippen LogP contribution >= 0.6 is 11.3 Å². The molecule has 0 atom stereocenters. The van der Waals surface area contributed by atoms with Gasteiger partial charge in [-0.15, -0.1) is 11.3 Å². The minimum atomic E-state index is 0.112. The molecule has 4 aromatic carbocycles. The fourth-order valence-electron chi connectivity index (χ4n) is 5.12. The molecule has 3 nitrogen and oxygen atoms in total. The molecule has 1 aliphatic carbocycles. The molecule has 36 heavy (non-hydrogen) atoms. The summed E-state index contributed by atoms with van der Waals surface area (Å²) >= 11 is 1.74. The average Bonchev–Trinajstić information content (AvgIpc) is 3.66. The van der Waals surface area contributed by atoms with E-state index >= 15 is 0 Å². The van der Waals surface area contributed by atoms with Gasteiger partial charge in [-0.25, -0.2) is 0 Å². The lowest BCUT2D eigenvalue weighted by atomic mass is 9.97.